The zero-order valence-corrected chi connectivity index (χ0v) is 11.1. The van der Waals surface area contributed by atoms with E-state index >= 15 is 0 Å². The molecule has 3 nitrogen and oxygen atoms in total. The van der Waals surface area contributed by atoms with E-state index in [1.807, 2.05) is 0 Å². The van der Waals surface area contributed by atoms with Crippen molar-refractivity contribution in [1.82, 2.24) is 4.90 Å². The van der Waals surface area contributed by atoms with Crippen molar-refractivity contribution in [3.05, 3.63) is 0 Å². The van der Waals surface area contributed by atoms with Crippen molar-refractivity contribution in [3.8, 4) is 0 Å². The van der Waals surface area contributed by atoms with E-state index in [0.717, 1.165) is 31.4 Å². The Labute approximate surface area is 100 Å². The predicted octanol–water partition coefficient (Wildman–Crippen LogP) is 1.72. The first kappa shape index (κ1) is 13.9. The number of ether oxygens (including phenoxy) is 1. The van der Waals surface area contributed by atoms with Crippen molar-refractivity contribution in [1.29, 1.82) is 0 Å². The lowest BCUT2D eigenvalue weighted by Gasteiger charge is -2.27. The van der Waals surface area contributed by atoms with Crippen LogP contribution in [0.3, 0.4) is 0 Å². The summed E-state index contributed by atoms with van der Waals surface area (Å²) in [6.45, 7) is 8.79. The largest absolute Gasteiger partial charge is 0.383 e. The molecule has 0 aliphatic carbocycles. The Morgan fingerprint density at radius 2 is 2.19 bits per heavy atom. The molecule has 0 aromatic carbocycles. The van der Waals surface area contributed by atoms with Crippen LogP contribution < -0.4 is 5.73 Å². The Morgan fingerprint density at radius 3 is 2.69 bits per heavy atom. The maximum absolute atomic E-state index is 5.59. The van der Waals surface area contributed by atoms with Gasteiger partial charge in [-0.1, -0.05) is 13.8 Å². The maximum Gasteiger partial charge on any atom is 0.0618 e. The maximum atomic E-state index is 5.59. The first-order chi connectivity index (χ1) is 7.69. The summed E-state index contributed by atoms with van der Waals surface area (Å²) >= 11 is 0. The molecule has 2 atom stereocenters. The Hall–Kier alpha value is -0.120. The molecule has 2 unspecified atom stereocenters. The van der Waals surface area contributed by atoms with Crippen LogP contribution in [0.25, 0.3) is 0 Å². The van der Waals surface area contributed by atoms with Gasteiger partial charge in [-0.05, 0) is 44.2 Å². The number of hydrogen-bond donors (Lipinski definition) is 1. The molecule has 16 heavy (non-hydrogen) atoms. The fraction of sp³-hybridized carbons (Fsp3) is 1.00. The van der Waals surface area contributed by atoms with Gasteiger partial charge in [0.15, 0.2) is 0 Å². The van der Waals surface area contributed by atoms with Gasteiger partial charge in [-0.25, -0.2) is 0 Å². The van der Waals surface area contributed by atoms with E-state index in [0.29, 0.717) is 6.04 Å². The first-order valence-corrected chi connectivity index (χ1v) is 6.62. The average Bonchev–Trinajstić information content (AvgIpc) is 2.73. The van der Waals surface area contributed by atoms with Crippen molar-refractivity contribution in [2.45, 2.75) is 39.2 Å². The second-order valence-electron chi connectivity index (χ2n) is 5.33. The van der Waals surface area contributed by atoms with Gasteiger partial charge in [0.05, 0.1) is 6.61 Å². The van der Waals surface area contributed by atoms with Gasteiger partial charge in [0, 0.05) is 19.7 Å². The van der Waals surface area contributed by atoms with Gasteiger partial charge in [-0.3, -0.25) is 4.90 Å². The molecule has 3 heteroatoms. The summed E-state index contributed by atoms with van der Waals surface area (Å²) in [5.74, 6) is 1.68. The predicted molar refractivity (Wildman–Crippen MR) is 68.5 cm³/mol. The quantitative estimate of drug-likeness (QED) is 0.721. The summed E-state index contributed by atoms with van der Waals surface area (Å²) < 4.78 is 5.33. The third-order valence-corrected chi connectivity index (χ3v) is 3.82. The van der Waals surface area contributed by atoms with Gasteiger partial charge < -0.3 is 10.5 Å². The molecular formula is C13H28N2O. The average molecular weight is 228 g/mol. The molecule has 0 amide bonds. The lowest BCUT2D eigenvalue weighted by Crippen LogP contribution is -2.37. The molecule has 1 aliphatic heterocycles. The zero-order valence-electron chi connectivity index (χ0n) is 11.1. The molecule has 0 saturated carbocycles. The smallest absolute Gasteiger partial charge is 0.0618 e. The molecule has 0 bridgehead atoms. The van der Waals surface area contributed by atoms with E-state index in [9.17, 15) is 0 Å². The Bertz CT molecular complexity index is 185. The van der Waals surface area contributed by atoms with Crippen LogP contribution in [0.15, 0.2) is 0 Å². The minimum absolute atomic E-state index is 0.581. The van der Waals surface area contributed by atoms with Gasteiger partial charge in [-0.2, -0.15) is 0 Å². The van der Waals surface area contributed by atoms with Crippen molar-refractivity contribution in [3.63, 3.8) is 0 Å². The molecule has 0 radical (unpaired) electrons. The Morgan fingerprint density at radius 1 is 1.44 bits per heavy atom. The third-order valence-electron chi connectivity index (χ3n) is 3.82. The lowest BCUT2D eigenvalue weighted by molar-refractivity contribution is 0.0953. The molecule has 1 fully saturated rings. The van der Waals surface area contributed by atoms with Crippen molar-refractivity contribution in [2.24, 2.45) is 17.6 Å². The summed E-state index contributed by atoms with van der Waals surface area (Å²) in [7, 11) is 1.80. The first-order valence-electron chi connectivity index (χ1n) is 6.62. The standard InChI is InChI=1S/C13H28N2O/c1-11(2)12-6-8-15(9-12)13(10-16-3)5-4-7-14/h11-13H,4-10,14H2,1-3H3. The SMILES string of the molecule is COCC(CCCN)N1CCC(C(C)C)C1. The fourth-order valence-electron chi connectivity index (χ4n) is 2.61. The van der Waals surface area contributed by atoms with E-state index in [1.54, 1.807) is 7.11 Å². The summed E-state index contributed by atoms with van der Waals surface area (Å²) in [6, 6.07) is 0.581. The molecular weight excluding hydrogens is 200 g/mol. The topological polar surface area (TPSA) is 38.5 Å². The van der Waals surface area contributed by atoms with Crippen LogP contribution in [-0.4, -0.2) is 44.3 Å². The highest BCUT2D eigenvalue weighted by atomic mass is 16.5. The zero-order chi connectivity index (χ0) is 12.0. The second-order valence-corrected chi connectivity index (χ2v) is 5.33. The van der Waals surface area contributed by atoms with Gasteiger partial charge in [0.25, 0.3) is 0 Å². The van der Waals surface area contributed by atoms with E-state index in [-0.39, 0.29) is 0 Å². The van der Waals surface area contributed by atoms with Gasteiger partial charge in [0.1, 0.15) is 0 Å². The normalized spacial score (nSPS) is 24.2. The summed E-state index contributed by atoms with van der Waals surface area (Å²) in [6.07, 6.45) is 3.63. The lowest BCUT2D eigenvalue weighted by atomic mass is 9.95. The number of methoxy groups -OCH3 is 1. The fourth-order valence-corrected chi connectivity index (χ4v) is 2.61. The molecule has 0 aromatic rings. The van der Waals surface area contributed by atoms with Crippen molar-refractivity contribution >= 4 is 0 Å². The van der Waals surface area contributed by atoms with E-state index in [4.69, 9.17) is 10.5 Å². The second kappa shape index (κ2) is 7.25. The molecule has 0 spiro atoms. The molecule has 2 N–H and O–H groups in total. The number of nitrogens with zero attached hydrogens (tertiary/aromatic N) is 1. The van der Waals surface area contributed by atoms with Gasteiger partial charge >= 0.3 is 0 Å². The van der Waals surface area contributed by atoms with Crippen LogP contribution in [0, 0.1) is 11.8 Å². The summed E-state index contributed by atoms with van der Waals surface area (Å²) in [5, 5.41) is 0. The number of nitrogens with two attached hydrogens (primary N) is 1. The number of likely N-dealkylation sites (tertiary alicyclic amines) is 1. The van der Waals surface area contributed by atoms with Crippen molar-refractivity contribution < 1.29 is 4.74 Å². The number of hydrogen-bond acceptors (Lipinski definition) is 3. The van der Waals surface area contributed by atoms with Gasteiger partial charge in [-0.15, -0.1) is 0 Å². The Balaban J connectivity index is 2.40. The molecule has 1 saturated heterocycles. The van der Waals surface area contributed by atoms with Crippen LogP contribution in [0.1, 0.15) is 33.1 Å². The highest BCUT2D eigenvalue weighted by molar-refractivity contribution is 4.82. The molecule has 1 aliphatic rings. The monoisotopic (exact) mass is 228 g/mol. The molecule has 96 valence electrons. The highest BCUT2D eigenvalue weighted by Gasteiger charge is 2.29. The minimum Gasteiger partial charge on any atom is -0.383 e. The molecule has 0 aromatic heterocycles. The summed E-state index contributed by atoms with van der Waals surface area (Å²) in [5.41, 5.74) is 5.59. The summed E-state index contributed by atoms with van der Waals surface area (Å²) in [4.78, 5) is 2.60. The minimum atomic E-state index is 0.581. The van der Waals surface area contributed by atoms with Crippen molar-refractivity contribution in [2.75, 3.05) is 33.4 Å². The molecule has 1 heterocycles. The Kier molecular flexibility index (Phi) is 6.32. The third kappa shape index (κ3) is 4.04. The van der Waals surface area contributed by atoms with E-state index < -0.39 is 0 Å². The molecule has 1 rings (SSSR count). The van der Waals surface area contributed by atoms with Crippen LogP contribution in [-0.2, 0) is 4.74 Å². The van der Waals surface area contributed by atoms with Crippen LogP contribution in [0.4, 0.5) is 0 Å². The van der Waals surface area contributed by atoms with Gasteiger partial charge in [0.2, 0.25) is 0 Å². The van der Waals surface area contributed by atoms with Crippen LogP contribution >= 0.6 is 0 Å². The van der Waals surface area contributed by atoms with Crippen LogP contribution in [0.5, 0.6) is 0 Å². The highest BCUT2D eigenvalue weighted by Crippen LogP contribution is 2.26. The van der Waals surface area contributed by atoms with E-state index in [2.05, 4.69) is 18.7 Å². The van der Waals surface area contributed by atoms with Crippen LogP contribution in [0.2, 0.25) is 0 Å². The van der Waals surface area contributed by atoms with E-state index in [1.165, 1.54) is 25.9 Å². The number of rotatable bonds is 7.